The molecule has 1 N–H and O–H groups in total. The van der Waals surface area contributed by atoms with E-state index in [2.05, 4.69) is 10.1 Å². The first-order chi connectivity index (χ1) is 13.2. The molecule has 0 radical (unpaired) electrons. The van der Waals surface area contributed by atoms with Crippen LogP contribution in [-0.4, -0.2) is 40.3 Å². The van der Waals surface area contributed by atoms with E-state index < -0.39 is 28.1 Å². The smallest absolute Gasteiger partial charge is 0.387 e. The average Bonchev–Trinajstić information content (AvgIpc) is 2.61. The number of benzene rings is 2. The fraction of sp³-hybridized carbons (Fsp3) is 0.278. The molecule has 1 amide bonds. The third-order valence-electron chi connectivity index (χ3n) is 3.67. The molecule has 0 aromatic heterocycles. The van der Waals surface area contributed by atoms with Gasteiger partial charge in [-0.15, -0.1) is 0 Å². The standard InChI is InChI=1S/C18H18ClF2NO5S/c1-26-15-7-2-12(10-16(15)27-18(20)21)8-9-22-17(23)11-28(24,25)14-5-3-13(19)4-6-14/h2-7,10,18H,8-9,11H2,1H3,(H,22,23). The van der Waals surface area contributed by atoms with Crippen LogP contribution in [0.3, 0.4) is 0 Å². The predicted octanol–water partition coefficient (Wildman–Crippen LogP) is 3.08. The number of rotatable bonds is 9. The highest BCUT2D eigenvalue weighted by molar-refractivity contribution is 7.92. The summed E-state index contributed by atoms with van der Waals surface area (Å²) in [5.74, 6) is -1.35. The van der Waals surface area contributed by atoms with Gasteiger partial charge in [-0.05, 0) is 48.4 Å². The molecule has 2 aromatic carbocycles. The summed E-state index contributed by atoms with van der Waals surface area (Å²) in [6.45, 7) is -2.88. The molecule has 0 aliphatic carbocycles. The van der Waals surface area contributed by atoms with Crippen molar-refractivity contribution >= 4 is 27.3 Å². The minimum absolute atomic E-state index is 0.00371. The summed E-state index contributed by atoms with van der Waals surface area (Å²) in [6, 6.07) is 9.99. The van der Waals surface area contributed by atoms with Gasteiger partial charge < -0.3 is 14.8 Å². The normalized spacial score (nSPS) is 11.3. The SMILES string of the molecule is COc1ccc(CCNC(=O)CS(=O)(=O)c2ccc(Cl)cc2)cc1OC(F)F. The van der Waals surface area contributed by atoms with Crippen LogP contribution >= 0.6 is 11.6 Å². The van der Waals surface area contributed by atoms with Crippen LogP contribution in [0.2, 0.25) is 5.02 Å². The van der Waals surface area contributed by atoms with Crippen LogP contribution in [0, 0.1) is 0 Å². The topological polar surface area (TPSA) is 81.7 Å². The number of carbonyl (C=O) groups is 1. The third-order valence-corrected chi connectivity index (χ3v) is 5.56. The van der Waals surface area contributed by atoms with Gasteiger partial charge in [0.1, 0.15) is 5.75 Å². The first-order valence-corrected chi connectivity index (χ1v) is 10.1. The van der Waals surface area contributed by atoms with E-state index >= 15 is 0 Å². The van der Waals surface area contributed by atoms with Crippen molar-refractivity contribution in [2.45, 2.75) is 17.9 Å². The summed E-state index contributed by atoms with van der Waals surface area (Å²) >= 11 is 5.72. The molecule has 0 saturated heterocycles. The van der Waals surface area contributed by atoms with Gasteiger partial charge in [0, 0.05) is 11.6 Å². The highest BCUT2D eigenvalue weighted by Crippen LogP contribution is 2.29. The van der Waals surface area contributed by atoms with E-state index in [4.69, 9.17) is 16.3 Å². The van der Waals surface area contributed by atoms with Crippen molar-refractivity contribution in [1.82, 2.24) is 5.32 Å². The van der Waals surface area contributed by atoms with Crippen LogP contribution in [0.5, 0.6) is 11.5 Å². The van der Waals surface area contributed by atoms with E-state index in [0.29, 0.717) is 10.6 Å². The molecular weight excluding hydrogens is 416 g/mol. The number of halogens is 3. The number of sulfone groups is 1. The summed E-state index contributed by atoms with van der Waals surface area (Å²) in [6.07, 6.45) is 0.288. The number of nitrogens with one attached hydrogen (secondary N) is 1. The van der Waals surface area contributed by atoms with Crippen molar-refractivity contribution < 1.29 is 31.5 Å². The molecule has 28 heavy (non-hydrogen) atoms. The number of hydrogen-bond donors (Lipinski definition) is 1. The van der Waals surface area contributed by atoms with Crippen LogP contribution in [0.15, 0.2) is 47.4 Å². The van der Waals surface area contributed by atoms with E-state index in [1.54, 1.807) is 6.07 Å². The second-order valence-electron chi connectivity index (χ2n) is 5.68. The van der Waals surface area contributed by atoms with Crippen molar-refractivity contribution in [2.75, 3.05) is 19.4 Å². The van der Waals surface area contributed by atoms with Gasteiger partial charge in [0.05, 0.1) is 12.0 Å². The maximum absolute atomic E-state index is 12.4. The zero-order valence-corrected chi connectivity index (χ0v) is 16.4. The zero-order valence-electron chi connectivity index (χ0n) is 14.8. The van der Waals surface area contributed by atoms with Crippen LogP contribution in [0.1, 0.15) is 5.56 Å². The second-order valence-corrected chi connectivity index (χ2v) is 8.10. The van der Waals surface area contributed by atoms with Crippen molar-refractivity contribution in [3.05, 3.63) is 53.1 Å². The molecule has 0 aliphatic heterocycles. The van der Waals surface area contributed by atoms with Crippen molar-refractivity contribution in [3.63, 3.8) is 0 Å². The lowest BCUT2D eigenvalue weighted by Gasteiger charge is -2.12. The molecule has 10 heteroatoms. The van der Waals surface area contributed by atoms with Gasteiger partial charge in [-0.1, -0.05) is 17.7 Å². The lowest BCUT2D eigenvalue weighted by Crippen LogP contribution is -2.31. The van der Waals surface area contributed by atoms with Crippen molar-refractivity contribution in [1.29, 1.82) is 0 Å². The summed E-state index contributed by atoms with van der Waals surface area (Å²) < 4.78 is 58.6. The van der Waals surface area contributed by atoms with Gasteiger partial charge in [-0.2, -0.15) is 8.78 Å². The fourth-order valence-corrected chi connectivity index (χ4v) is 3.65. The molecule has 0 spiro atoms. The lowest BCUT2D eigenvalue weighted by atomic mass is 10.1. The molecule has 0 heterocycles. The minimum Gasteiger partial charge on any atom is -0.493 e. The van der Waals surface area contributed by atoms with Crippen LogP contribution in [0.25, 0.3) is 0 Å². The monoisotopic (exact) mass is 433 g/mol. The Morgan fingerprint density at radius 1 is 1.14 bits per heavy atom. The van der Waals surface area contributed by atoms with Gasteiger partial charge >= 0.3 is 6.61 Å². The van der Waals surface area contributed by atoms with Crippen LogP contribution < -0.4 is 14.8 Å². The molecule has 0 unspecified atom stereocenters. The van der Waals surface area contributed by atoms with E-state index in [9.17, 15) is 22.0 Å². The predicted molar refractivity (Wildman–Crippen MR) is 99.8 cm³/mol. The second kappa shape index (κ2) is 9.70. The quantitative estimate of drug-likeness (QED) is 0.657. The van der Waals surface area contributed by atoms with Crippen molar-refractivity contribution in [3.8, 4) is 11.5 Å². The first-order valence-electron chi connectivity index (χ1n) is 8.08. The number of carbonyl (C=O) groups excluding carboxylic acids is 1. The van der Waals surface area contributed by atoms with Gasteiger partial charge in [-0.3, -0.25) is 4.79 Å². The summed E-state index contributed by atoms with van der Waals surface area (Å²) in [7, 11) is -2.46. The molecular formula is C18H18ClF2NO5S. The number of amides is 1. The van der Waals surface area contributed by atoms with Crippen LogP contribution in [-0.2, 0) is 21.1 Å². The molecule has 0 bridgehead atoms. The van der Waals surface area contributed by atoms with Gasteiger partial charge in [-0.25, -0.2) is 8.42 Å². The zero-order chi connectivity index (χ0) is 20.7. The Bertz CT molecular complexity index is 920. The summed E-state index contributed by atoms with van der Waals surface area (Å²) in [4.78, 5) is 11.9. The number of ether oxygens (including phenoxy) is 2. The molecule has 0 atom stereocenters. The van der Waals surface area contributed by atoms with E-state index in [1.165, 1.54) is 43.5 Å². The van der Waals surface area contributed by atoms with Gasteiger partial charge in [0.15, 0.2) is 21.3 Å². The Balaban J connectivity index is 1.92. The van der Waals surface area contributed by atoms with E-state index in [0.717, 1.165) is 0 Å². The van der Waals surface area contributed by atoms with Gasteiger partial charge in [0.2, 0.25) is 5.91 Å². The Labute approximate surface area is 166 Å². The largest absolute Gasteiger partial charge is 0.493 e. The molecule has 0 aliphatic rings. The Hall–Kier alpha value is -2.39. The third kappa shape index (κ3) is 6.35. The first kappa shape index (κ1) is 21.9. The molecule has 6 nitrogen and oxygen atoms in total. The molecule has 0 fully saturated rings. The maximum atomic E-state index is 12.4. The number of alkyl halides is 2. The lowest BCUT2D eigenvalue weighted by molar-refractivity contribution is -0.118. The number of hydrogen-bond acceptors (Lipinski definition) is 5. The average molecular weight is 434 g/mol. The summed E-state index contributed by atoms with van der Waals surface area (Å²) in [5.41, 5.74) is 0.609. The van der Waals surface area contributed by atoms with E-state index in [-0.39, 0.29) is 29.4 Å². The molecule has 2 rings (SSSR count). The maximum Gasteiger partial charge on any atom is 0.387 e. The number of methoxy groups -OCH3 is 1. The van der Waals surface area contributed by atoms with Gasteiger partial charge in [0.25, 0.3) is 0 Å². The highest BCUT2D eigenvalue weighted by atomic mass is 35.5. The summed E-state index contributed by atoms with van der Waals surface area (Å²) in [5, 5.41) is 2.88. The molecule has 2 aromatic rings. The Kier molecular flexibility index (Phi) is 7.59. The van der Waals surface area contributed by atoms with E-state index in [1.807, 2.05) is 0 Å². The fourth-order valence-electron chi connectivity index (χ4n) is 2.36. The van der Waals surface area contributed by atoms with Crippen LogP contribution in [0.4, 0.5) is 8.78 Å². The Morgan fingerprint density at radius 3 is 2.43 bits per heavy atom. The Morgan fingerprint density at radius 2 is 1.82 bits per heavy atom. The molecule has 152 valence electrons. The minimum atomic E-state index is -3.79. The van der Waals surface area contributed by atoms with Crippen molar-refractivity contribution in [2.24, 2.45) is 0 Å². The molecule has 0 saturated carbocycles. The highest BCUT2D eigenvalue weighted by Gasteiger charge is 2.19.